The number of hydrogen-bond donors (Lipinski definition) is 4. The summed E-state index contributed by atoms with van der Waals surface area (Å²) in [5, 5.41) is 20.2. The van der Waals surface area contributed by atoms with E-state index in [0.29, 0.717) is 5.69 Å². The summed E-state index contributed by atoms with van der Waals surface area (Å²) in [7, 11) is 0. The van der Waals surface area contributed by atoms with Gasteiger partial charge in [0.15, 0.2) is 0 Å². The second-order valence-corrected chi connectivity index (χ2v) is 2.46. The highest BCUT2D eigenvalue weighted by molar-refractivity contribution is 5.51. The molecule has 66 valence electrons. The first kappa shape index (κ1) is 8.83. The predicted molar refractivity (Wildman–Crippen MR) is 47.6 cm³/mol. The highest BCUT2D eigenvalue weighted by atomic mass is 16.3. The number of nitrogen functional groups attached to an aromatic ring is 1. The molecule has 1 unspecified atom stereocenters. The fraction of sp³-hybridized carbons (Fsp3) is 0.250. The minimum atomic E-state index is -0.923. The lowest BCUT2D eigenvalue weighted by Crippen LogP contribution is -2.22. The van der Waals surface area contributed by atoms with Crippen LogP contribution in [-0.2, 0) is 0 Å². The summed E-state index contributed by atoms with van der Waals surface area (Å²) in [6, 6.07) is 6.89. The minimum absolute atomic E-state index is 0.315. The van der Waals surface area contributed by atoms with Crippen molar-refractivity contribution in [2.45, 2.75) is 6.23 Å². The lowest BCUT2D eigenvalue weighted by Gasteiger charge is -2.10. The molecule has 0 spiro atoms. The Hall–Kier alpha value is -1.26. The van der Waals surface area contributed by atoms with Crippen LogP contribution in [0, 0.1) is 0 Å². The van der Waals surface area contributed by atoms with Gasteiger partial charge in [-0.2, -0.15) is 0 Å². The molecule has 12 heavy (non-hydrogen) atoms. The Bertz CT molecular complexity index is 235. The summed E-state index contributed by atoms with van der Waals surface area (Å²) < 4.78 is 0. The molecule has 4 heteroatoms. The number of anilines is 2. The third kappa shape index (κ3) is 2.41. The van der Waals surface area contributed by atoms with Gasteiger partial charge in [-0.15, -0.1) is 0 Å². The number of aliphatic hydroxyl groups excluding tert-OH is 2. The quantitative estimate of drug-likeness (QED) is 0.378. The van der Waals surface area contributed by atoms with Crippen LogP contribution in [0.4, 0.5) is 11.4 Å². The smallest absolute Gasteiger partial charge is 0.147 e. The first-order valence-electron chi connectivity index (χ1n) is 3.63. The molecule has 0 aromatic heterocycles. The topological polar surface area (TPSA) is 78.5 Å². The Kier molecular flexibility index (Phi) is 2.90. The van der Waals surface area contributed by atoms with Crippen molar-refractivity contribution in [1.29, 1.82) is 0 Å². The van der Waals surface area contributed by atoms with Gasteiger partial charge in [0.2, 0.25) is 0 Å². The van der Waals surface area contributed by atoms with Gasteiger partial charge in [0.25, 0.3) is 0 Å². The third-order valence-electron chi connectivity index (χ3n) is 1.42. The van der Waals surface area contributed by atoms with E-state index in [0.717, 1.165) is 5.69 Å². The summed E-state index contributed by atoms with van der Waals surface area (Å²) in [5.74, 6) is 0. The van der Waals surface area contributed by atoms with Crippen LogP contribution in [-0.4, -0.2) is 23.0 Å². The fourth-order valence-electron chi connectivity index (χ4n) is 0.817. The van der Waals surface area contributed by atoms with E-state index in [1.807, 2.05) is 0 Å². The first-order chi connectivity index (χ1) is 5.72. The van der Waals surface area contributed by atoms with E-state index in [-0.39, 0.29) is 6.61 Å². The van der Waals surface area contributed by atoms with Crippen LogP contribution < -0.4 is 11.1 Å². The van der Waals surface area contributed by atoms with Crippen molar-refractivity contribution in [3.63, 3.8) is 0 Å². The summed E-state index contributed by atoms with van der Waals surface area (Å²) in [4.78, 5) is 0. The minimum Gasteiger partial charge on any atom is -0.399 e. The van der Waals surface area contributed by atoms with Gasteiger partial charge in [-0.05, 0) is 24.3 Å². The standard InChI is InChI=1S/C8H12N2O2/c9-6-1-3-7(4-2-6)10-8(12)5-11/h1-4,8,10-12H,5,9H2. The van der Waals surface area contributed by atoms with Crippen LogP contribution in [0.25, 0.3) is 0 Å². The second-order valence-electron chi connectivity index (χ2n) is 2.46. The lowest BCUT2D eigenvalue weighted by molar-refractivity contribution is 0.117. The number of nitrogens with two attached hydrogens (primary N) is 1. The summed E-state index contributed by atoms with van der Waals surface area (Å²) in [6.45, 7) is -0.315. The van der Waals surface area contributed by atoms with Crippen molar-refractivity contribution in [2.24, 2.45) is 0 Å². The van der Waals surface area contributed by atoms with E-state index in [4.69, 9.17) is 15.9 Å². The van der Waals surface area contributed by atoms with Gasteiger partial charge in [0, 0.05) is 11.4 Å². The number of nitrogens with one attached hydrogen (secondary N) is 1. The van der Waals surface area contributed by atoms with E-state index < -0.39 is 6.23 Å². The Balaban J connectivity index is 2.58. The van der Waals surface area contributed by atoms with Crippen LogP contribution in [0.2, 0.25) is 0 Å². The average molecular weight is 168 g/mol. The van der Waals surface area contributed by atoms with Crippen LogP contribution in [0.3, 0.4) is 0 Å². The Morgan fingerprint density at radius 1 is 1.33 bits per heavy atom. The van der Waals surface area contributed by atoms with E-state index in [1.54, 1.807) is 24.3 Å². The van der Waals surface area contributed by atoms with E-state index in [9.17, 15) is 0 Å². The van der Waals surface area contributed by atoms with E-state index in [2.05, 4.69) is 5.32 Å². The van der Waals surface area contributed by atoms with Gasteiger partial charge in [0.1, 0.15) is 6.23 Å². The van der Waals surface area contributed by atoms with Gasteiger partial charge < -0.3 is 21.3 Å². The lowest BCUT2D eigenvalue weighted by atomic mass is 10.3. The molecule has 0 aliphatic heterocycles. The van der Waals surface area contributed by atoms with Crippen molar-refractivity contribution in [3.05, 3.63) is 24.3 Å². The van der Waals surface area contributed by atoms with Gasteiger partial charge in [-0.3, -0.25) is 0 Å². The Morgan fingerprint density at radius 2 is 1.92 bits per heavy atom. The molecule has 0 aliphatic rings. The molecule has 0 saturated carbocycles. The molecule has 1 aromatic rings. The third-order valence-corrected chi connectivity index (χ3v) is 1.42. The largest absolute Gasteiger partial charge is 0.399 e. The molecule has 4 nitrogen and oxygen atoms in total. The number of aliphatic hydroxyl groups is 2. The maximum absolute atomic E-state index is 8.99. The van der Waals surface area contributed by atoms with Gasteiger partial charge >= 0.3 is 0 Å². The molecule has 0 saturated heterocycles. The fourth-order valence-corrected chi connectivity index (χ4v) is 0.817. The molecule has 0 fully saturated rings. The maximum Gasteiger partial charge on any atom is 0.147 e. The first-order valence-corrected chi connectivity index (χ1v) is 3.63. The number of hydrogen-bond acceptors (Lipinski definition) is 4. The Morgan fingerprint density at radius 3 is 2.42 bits per heavy atom. The molecule has 1 rings (SSSR count). The zero-order chi connectivity index (χ0) is 8.97. The predicted octanol–water partition coefficient (Wildman–Crippen LogP) is -0.00860. The highest BCUT2D eigenvalue weighted by Crippen LogP contribution is 2.10. The SMILES string of the molecule is Nc1ccc(NC(O)CO)cc1. The second kappa shape index (κ2) is 3.94. The zero-order valence-electron chi connectivity index (χ0n) is 6.57. The van der Waals surface area contributed by atoms with Crippen molar-refractivity contribution in [3.8, 4) is 0 Å². The zero-order valence-corrected chi connectivity index (χ0v) is 6.57. The van der Waals surface area contributed by atoms with E-state index >= 15 is 0 Å². The molecular weight excluding hydrogens is 156 g/mol. The van der Waals surface area contributed by atoms with E-state index in [1.165, 1.54) is 0 Å². The van der Waals surface area contributed by atoms with Gasteiger partial charge in [0.05, 0.1) is 6.61 Å². The van der Waals surface area contributed by atoms with Gasteiger partial charge in [-0.1, -0.05) is 0 Å². The molecule has 0 heterocycles. The summed E-state index contributed by atoms with van der Waals surface area (Å²) in [6.07, 6.45) is -0.923. The van der Waals surface area contributed by atoms with Crippen LogP contribution >= 0.6 is 0 Å². The maximum atomic E-state index is 8.99. The van der Waals surface area contributed by atoms with Crippen molar-refractivity contribution in [2.75, 3.05) is 17.7 Å². The monoisotopic (exact) mass is 168 g/mol. The average Bonchev–Trinajstić information content (AvgIpc) is 2.09. The Labute approximate surface area is 70.6 Å². The highest BCUT2D eigenvalue weighted by Gasteiger charge is 1.99. The van der Waals surface area contributed by atoms with Gasteiger partial charge in [-0.25, -0.2) is 0 Å². The van der Waals surface area contributed by atoms with Crippen molar-refractivity contribution >= 4 is 11.4 Å². The summed E-state index contributed by atoms with van der Waals surface area (Å²) in [5.41, 5.74) is 6.84. The molecule has 0 aliphatic carbocycles. The van der Waals surface area contributed by atoms with Crippen LogP contribution in [0.5, 0.6) is 0 Å². The molecule has 5 N–H and O–H groups in total. The molecule has 1 aromatic carbocycles. The van der Waals surface area contributed by atoms with Crippen LogP contribution in [0.15, 0.2) is 24.3 Å². The van der Waals surface area contributed by atoms with Crippen molar-refractivity contribution in [1.82, 2.24) is 0 Å². The molecule has 0 amide bonds. The molecular formula is C8H12N2O2. The molecule has 1 atom stereocenters. The normalized spacial score (nSPS) is 12.5. The number of rotatable bonds is 3. The van der Waals surface area contributed by atoms with Crippen LogP contribution in [0.1, 0.15) is 0 Å². The van der Waals surface area contributed by atoms with Crippen molar-refractivity contribution < 1.29 is 10.2 Å². The summed E-state index contributed by atoms with van der Waals surface area (Å²) >= 11 is 0. The molecule has 0 radical (unpaired) electrons. The number of benzene rings is 1. The molecule has 0 bridgehead atoms.